The summed E-state index contributed by atoms with van der Waals surface area (Å²) in [7, 11) is 5.23. The highest BCUT2D eigenvalue weighted by Gasteiger charge is 2.05. The standard InChI is InChI=1S/C5H11N5O/c1-6-4-7-8-5(11)10(4)9(2)3/h1-3H3,(H,6,7)(H,8,11). The van der Waals surface area contributed by atoms with Crippen molar-refractivity contribution in [1.82, 2.24) is 14.9 Å². The molecule has 62 valence electrons. The van der Waals surface area contributed by atoms with Crippen molar-refractivity contribution >= 4 is 5.95 Å². The van der Waals surface area contributed by atoms with Crippen LogP contribution in [-0.4, -0.2) is 36.0 Å². The Morgan fingerprint density at radius 3 is 2.64 bits per heavy atom. The number of nitrogens with zero attached hydrogens (tertiary/aromatic N) is 3. The van der Waals surface area contributed by atoms with Crippen molar-refractivity contribution in [3.63, 3.8) is 0 Å². The molecule has 2 N–H and O–H groups in total. The van der Waals surface area contributed by atoms with E-state index in [9.17, 15) is 4.79 Å². The number of anilines is 1. The Kier molecular flexibility index (Phi) is 1.84. The van der Waals surface area contributed by atoms with E-state index >= 15 is 0 Å². The average Bonchev–Trinajstić information content (AvgIpc) is 2.30. The minimum atomic E-state index is -0.251. The molecule has 0 radical (unpaired) electrons. The highest BCUT2D eigenvalue weighted by atomic mass is 16.2. The van der Waals surface area contributed by atoms with E-state index in [2.05, 4.69) is 15.5 Å². The molecule has 0 saturated heterocycles. The summed E-state index contributed by atoms with van der Waals surface area (Å²) in [5.41, 5.74) is -0.251. The highest BCUT2D eigenvalue weighted by molar-refractivity contribution is 5.23. The lowest BCUT2D eigenvalue weighted by Gasteiger charge is -2.13. The first-order valence-electron chi connectivity index (χ1n) is 3.19. The summed E-state index contributed by atoms with van der Waals surface area (Å²) in [6.07, 6.45) is 0. The van der Waals surface area contributed by atoms with Crippen molar-refractivity contribution in [1.29, 1.82) is 0 Å². The number of hydrogen-bond donors (Lipinski definition) is 2. The van der Waals surface area contributed by atoms with Crippen molar-refractivity contribution in [2.75, 3.05) is 31.5 Å². The van der Waals surface area contributed by atoms with Gasteiger partial charge in [0.15, 0.2) is 0 Å². The summed E-state index contributed by atoms with van der Waals surface area (Å²) in [6, 6.07) is 0. The molecule has 0 aliphatic rings. The molecule has 1 aromatic rings. The minimum absolute atomic E-state index is 0.251. The zero-order valence-electron chi connectivity index (χ0n) is 6.75. The second kappa shape index (κ2) is 2.65. The third-order valence-electron chi connectivity index (χ3n) is 1.27. The number of aromatic nitrogens is 3. The van der Waals surface area contributed by atoms with Gasteiger partial charge in [-0.3, -0.25) is 0 Å². The predicted octanol–water partition coefficient (Wildman–Crippen LogP) is -1.19. The second-order valence-corrected chi connectivity index (χ2v) is 2.26. The van der Waals surface area contributed by atoms with Gasteiger partial charge in [-0.2, -0.15) is 4.68 Å². The quantitative estimate of drug-likeness (QED) is 0.566. The zero-order valence-corrected chi connectivity index (χ0v) is 6.75. The molecule has 0 saturated carbocycles. The molecular formula is C5H11N5O. The highest BCUT2D eigenvalue weighted by Crippen LogP contribution is 1.93. The Morgan fingerprint density at radius 1 is 1.64 bits per heavy atom. The molecule has 0 aliphatic carbocycles. The van der Waals surface area contributed by atoms with E-state index in [0.717, 1.165) is 0 Å². The first-order chi connectivity index (χ1) is 5.16. The van der Waals surface area contributed by atoms with Crippen molar-refractivity contribution in [2.24, 2.45) is 0 Å². The van der Waals surface area contributed by atoms with Gasteiger partial charge in [-0.1, -0.05) is 0 Å². The molecule has 0 atom stereocenters. The molecule has 1 heterocycles. The second-order valence-electron chi connectivity index (χ2n) is 2.26. The Labute approximate surface area is 63.8 Å². The molecule has 0 spiro atoms. The fourth-order valence-corrected chi connectivity index (χ4v) is 0.825. The fourth-order valence-electron chi connectivity index (χ4n) is 0.825. The molecule has 0 unspecified atom stereocenters. The van der Waals surface area contributed by atoms with E-state index in [1.807, 2.05) is 0 Å². The number of nitrogens with one attached hydrogen (secondary N) is 2. The van der Waals surface area contributed by atoms with Gasteiger partial charge in [0.05, 0.1) is 0 Å². The van der Waals surface area contributed by atoms with Crippen molar-refractivity contribution in [3.05, 3.63) is 10.5 Å². The van der Waals surface area contributed by atoms with E-state index in [1.54, 1.807) is 26.2 Å². The monoisotopic (exact) mass is 157 g/mol. The summed E-state index contributed by atoms with van der Waals surface area (Å²) in [4.78, 5) is 11.0. The van der Waals surface area contributed by atoms with E-state index in [0.29, 0.717) is 5.95 Å². The van der Waals surface area contributed by atoms with Crippen LogP contribution in [0, 0.1) is 0 Å². The van der Waals surface area contributed by atoms with Gasteiger partial charge in [0.2, 0.25) is 5.95 Å². The van der Waals surface area contributed by atoms with Crippen LogP contribution >= 0.6 is 0 Å². The van der Waals surface area contributed by atoms with Crippen LogP contribution in [0.3, 0.4) is 0 Å². The zero-order chi connectivity index (χ0) is 8.43. The van der Waals surface area contributed by atoms with Gasteiger partial charge in [0.25, 0.3) is 0 Å². The largest absolute Gasteiger partial charge is 0.363 e. The van der Waals surface area contributed by atoms with Crippen molar-refractivity contribution < 1.29 is 0 Å². The summed E-state index contributed by atoms with van der Waals surface area (Å²) >= 11 is 0. The van der Waals surface area contributed by atoms with E-state index in [1.165, 1.54) is 4.68 Å². The molecular weight excluding hydrogens is 146 g/mol. The van der Waals surface area contributed by atoms with Crippen molar-refractivity contribution in [2.45, 2.75) is 0 Å². The Balaban J connectivity index is 3.18. The Morgan fingerprint density at radius 2 is 2.27 bits per heavy atom. The molecule has 11 heavy (non-hydrogen) atoms. The fraction of sp³-hybridized carbons (Fsp3) is 0.600. The number of rotatable bonds is 2. The number of aromatic amines is 1. The van der Waals surface area contributed by atoms with Crippen LogP contribution in [0.15, 0.2) is 4.79 Å². The van der Waals surface area contributed by atoms with Gasteiger partial charge in [-0.25, -0.2) is 9.89 Å². The Hall–Kier alpha value is -1.46. The lowest BCUT2D eigenvalue weighted by molar-refractivity contribution is 0.708. The Bertz CT molecular complexity index is 285. The summed E-state index contributed by atoms with van der Waals surface area (Å²) in [5.74, 6) is 0.500. The van der Waals surface area contributed by atoms with Crippen LogP contribution in [0.5, 0.6) is 0 Å². The van der Waals surface area contributed by atoms with E-state index in [4.69, 9.17) is 0 Å². The van der Waals surface area contributed by atoms with E-state index in [-0.39, 0.29) is 5.69 Å². The van der Waals surface area contributed by atoms with Crippen LogP contribution in [-0.2, 0) is 0 Å². The molecule has 6 heteroatoms. The summed E-state index contributed by atoms with van der Waals surface area (Å²) in [6.45, 7) is 0. The molecule has 0 amide bonds. The minimum Gasteiger partial charge on any atom is -0.356 e. The van der Waals surface area contributed by atoms with Crippen LogP contribution in [0.1, 0.15) is 0 Å². The van der Waals surface area contributed by atoms with Crippen LogP contribution in [0.25, 0.3) is 0 Å². The smallest absolute Gasteiger partial charge is 0.356 e. The SMILES string of the molecule is CNc1n[nH]c(=O)n1N(C)C. The maximum atomic E-state index is 11.0. The van der Waals surface area contributed by atoms with Crippen molar-refractivity contribution in [3.8, 4) is 0 Å². The molecule has 6 nitrogen and oxygen atoms in total. The van der Waals surface area contributed by atoms with Gasteiger partial charge in [0.1, 0.15) is 0 Å². The summed E-state index contributed by atoms with van der Waals surface area (Å²) < 4.78 is 1.39. The predicted molar refractivity (Wildman–Crippen MR) is 42.5 cm³/mol. The van der Waals surface area contributed by atoms with Crippen LogP contribution in [0.2, 0.25) is 0 Å². The van der Waals surface area contributed by atoms with Crippen LogP contribution in [0.4, 0.5) is 5.95 Å². The molecule has 0 aromatic carbocycles. The third-order valence-corrected chi connectivity index (χ3v) is 1.27. The first-order valence-corrected chi connectivity index (χ1v) is 3.19. The van der Waals surface area contributed by atoms with Gasteiger partial charge >= 0.3 is 5.69 Å². The molecule has 0 bridgehead atoms. The van der Waals surface area contributed by atoms with Crippen LogP contribution < -0.4 is 16.0 Å². The lowest BCUT2D eigenvalue weighted by Crippen LogP contribution is -2.35. The average molecular weight is 157 g/mol. The maximum Gasteiger partial charge on any atom is 0.363 e. The van der Waals surface area contributed by atoms with Gasteiger partial charge in [-0.05, 0) is 0 Å². The van der Waals surface area contributed by atoms with Gasteiger partial charge < -0.3 is 10.3 Å². The lowest BCUT2D eigenvalue weighted by atomic mass is 10.9. The van der Waals surface area contributed by atoms with E-state index < -0.39 is 0 Å². The normalized spacial score (nSPS) is 9.73. The van der Waals surface area contributed by atoms with Gasteiger partial charge in [-0.15, -0.1) is 5.10 Å². The number of H-pyrrole nitrogens is 1. The molecule has 1 aromatic heterocycles. The third kappa shape index (κ3) is 1.19. The topological polar surface area (TPSA) is 66.0 Å². The first kappa shape index (κ1) is 7.64. The van der Waals surface area contributed by atoms with Gasteiger partial charge in [0, 0.05) is 21.1 Å². The molecule has 0 aliphatic heterocycles. The summed E-state index contributed by atoms with van der Waals surface area (Å²) in [5, 5.41) is 10.5. The maximum absolute atomic E-state index is 11.0. The molecule has 1 rings (SSSR count). The molecule has 0 fully saturated rings. The number of hydrogen-bond acceptors (Lipinski definition) is 4.